The zero-order valence-electron chi connectivity index (χ0n) is 12.2. The summed E-state index contributed by atoms with van der Waals surface area (Å²) in [5.41, 5.74) is 4.21. The monoisotopic (exact) mass is 279 g/mol. The van der Waals surface area contributed by atoms with E-state index in [2.05, 4.69) is 29.2 Å². The maximum absolute atomic E-state index is 11.7. The average molecular weight is 279 g/mol. The third-order valence-electron chi connectivity index (χ3n) is 3.57. The normalized spacial score (nSPS) is 10.8. The van der Waals surface area contributed by atoms with Gasteiger partial charge < -0.3 is 9.13 Å². The summed E-state index contributed by atoms with van der Waals surface area (Å²) < 4.78 is 3.66. The minimum atomic E-state index is 0.0514. The van der Waals surface area contributed by atoms with Gasteiger partial charge in [-0.3, -0.25) is 4.79 Å². The predicted octanol–water partition coefficient (Wildman–Crippen LogP) is 2.61. The maximum atomic E-state index is 11.7. The van der Waals surface area contributed by atoms with Crippen molar-refractivity contribution in [2.45, 2.75) is 13.5 Å². The van der Waals surface area contributed by atoms with E-state index in [0.29, 0.717) is 0 Å². The molecule has 0 bridgehead atoms. The second-order valence-corrected chi connectivity index (χ2v) is 5.26. The number of aromatic nitrogens is 3. The molecule has 1 aromatic carbocycles. The van der Waals surface area contributed by atoms with Crippen molar-refractivity contribution in [2.75, 3.05) is 0 Å². The minimum absolute atomic E-state index is 0.0514. The van der Waals surface area contributed by atoms with E-state index in [1.807, 2.05) is 36.3 Å². The Kier molecular flexibility index (Phi) is 3.44. The van der Waals surface area contributed by atoms with Gasteiger partial charge in [-0.15, -0.1) is 0 Å². The van der Waals surface area contributed by atoms with E-state index < -0.39 is 0 Å². The molecule has 106 valence electrons. The summed E-state index contributed by atoms with van der Waals surface area (Å²) in [5, 5.41) is 0. The summed E-state index contributed by atoms with van der Waals surface area (Å²) >= 11 is 0. The standard InChI is InChI=1S/C17H17N3O/c1-13-9-16(11-19(2)17(13)21)15-5-3-14(4-6-15)10-20-8-7-18-12-20/h3-9,11-12H,10H2,1-2H3. The third-order valence-corrected chi connectivity index (χ3v) is 3.57. The minimum Gasteiger partial charge on any atom is -0.333 e. The molecule has 0 amide bonds. The van der Waals surface area contributed by atoms with Crippen LogP contribution in [-0.4, -0.2) is 14.1 Å². The van der Waals surface area contributed by atoms with Crippen LogP contribution in [0.2, 0.25) is 0 Å². The lowest BCUT2D eigenvalue weighted by atomic mass is 10.0. The van der Waals surface area contributed by atoms with Crippen LogP contribution in [0, 0.1) is 6.92 Å². The molecule has 3 rings (SSSR count). The zero-order valence-corrected chi connectivity index (χ0v) is 12.2. The summed E-state index contributed by atoms with van der Waals surface area (Å²) in [7, 11) is 1.78. The number of aryl methyl sites for hydroxylation is 2. The number of rotatable bonds is 3. The molecule has 4 heteroatoms. The number of imidazole rings is 1. The number of benzene rings is 1. The van der Waals surface area contributed by atoms with E-state index >= 15 is 0 Å². The molecular weight excluding hydrogens is 262 g/mol. The van der Waals surface area contributed by atoms with Crippen molar-refractivity contribution in [3.63, 3.8) is 0 Å². The first kappa shape index (κ1) is 13.4. The molecule has 0 aliphatic heterocycles. The van der Waals surface area contributed by atoms with Gasteiger partial charge in [-0.1, -0.05) is 24.3 Å². The number of nitrogens with zero attached hydrogens (tertiary/aromatic N) is 3. The molecule has 0 aliphatic carbocycles. The van der Waals surface area contributed by atoms with Gasteiger partial charge >= 0.3 is 0 Å². The first-order valence-corrected chi connectivity index (χ1v) is 6.86. The van der Waals surface area contributed by atoms with Crippen molar-refractivity contribution >= 4 is 0 Å². The highest BCUT2D eigenvalue weighted by Crippen LogP contribution is 2.19. The van der Waals surface area contributed by atoms with Crippen LogP contribution in [0.5, 0.6) is 0 Å². The van der Waals surface area contributed by atoms with Gasteiger partial charge in [0.05, 0.1) is 6.33 Å². The van der Waals surface area contributed by atoms with Crippen LogP contribution in [0.4, 0.5) is 0 Å². The van der Waals surface area contributed by atoms with Crippen LogP contribution in [-0.2, 0) is 13.6 Å². The Bertz CT molecular complexity index is 773. The second-order valence-electron chi connectivity index (χ2n) is 5.26. The van der Waals surface area contributed by atoms with Crippen molar-refractivity contribution < 1.29 is 0 Å². The lowest BCUT2D eigenvalue weighted by Gasteiger charge is -2.08. The van der Waals surface area contributed by atoms with Crippen LogP contribution >= 0.6 is 0 Å². The molecule has 0 atom stereocenters. The molecule has 0 aliphatic rings. The average Bonchev–Trinajstić information content (AvgIpc) is 2.98. The lowest BCUT2D eigenvalue weighted by Crippen LogP contribution is -2.18. The highest BCUT2D eigenvalue weighted by molar-refractivity contribution is 5.63. The summed E-state index contributed by atoms with van der Waals surface area (Å²) in [6, 6.07) is 10.3. The van der Waals surface area contributed by atoms with Gasteiger partial charge in [0.25, 0.3) is 5.56 Å². The Balaban J connectivity index is 1.89. The lowest BCUT2D eigenvalue weighted by molar-refractivity contribution is 0.797. The first-order valence-electron chi connectivity index (χ1n) is 6.86. The van der Waals surface area contributed by atoms with Gasteiger partial charge in [-0.25, -0.2) is 4.98 Å². The Morgan fingerprint density at radius 2 is 1.90 bits per heavy atom. The molecule has 0 fully saturated rings. The molecular formula is C17H17N3O. The van der Waals surface area contributed by atoms with E-state index in [4.69, 9.17) is 0 Å². The molecule has 0 unspecified atom stereocenters. The maximum Gasteiger partial charge on any atom is 0.253 e. The SMILES string of the molecule is Cc1cc(-c2ccc(Cn3ccnc3)cc2)cn(C)c1=O. The third kappa shape index (κ3) is 2.79. The Morgan fingerprint density at radius 3 is 2.52 bits per heavy atom. The van der Waals surface area contributed by atoms with Crippen molar-refractivity contribution in [1.29, 1.82) is 0 Å². The fourth-order valence-corrected chi connectivity index (χ4v) is 2.43. The van der Waals surface area contributed by atoms with E-state index in [-0.39, 0.29) is 5.56 Å². The topological polar surface area (TPSA) is 39.8 Å². The highest BCUT2D eigenvalue weighted by atomic mass is 16.1. The second kappa shape index (κ2) is 5.40. The Morgan fingerprint density at radius 1 is 1.14 bits per heavy atom. The van der Waals surface area contributed by atoms with Crippen LogP contribution in [0.1, 0.15) is 11.1 Å². The molecule has 0 N–H and O–H groups in total. The van der Waals surface area contributed by atoms with Gasteiger partial charge in [-0.05, 0) is 29.7 Å². The molecule has 2 aromatic heterocycles. The highest BCUT2D eigenvalue weighted by Gasteiger charge is 2.03. The van der Waals surface area contributed by atoms with Gasteiger partial charge in [0, 0.05) is 37.7 Å². The van der Waals surface area contributed by atoms with Crippen molar-refractivity contribution in [2.24, 2.45) is 7.05 Å². The smallest absolute Gasteiger partial charge is 0.253 e. The molecule has 2 heterocycles. The largest absolute Gasteiger partial charge is 0.333 e. The first-order chi connectivity index (χ1) is 10.1. The van der Waals surface area contributed by atoms with E-state index in [1.54, 1.807) is 17.8 Å². The fraction of sp³-hybridized carbons (Fsp3) is 0.176. The molecule has 21 heavy (non-hydrogen) atoms. The van der Waals surface area contributed by atoms with Gasteiger partial charge in [0.2, 0.25) is 0 Å². The van der Waals surface area contributed by atoms with Crippen molar-refractivity contribution in [3.05, 3.63) is 76.7 Å². The van der Waals surface area contributed by atoms with Gasteiger partial charge in [-0.2, -0.15) is 0 Å². The predicted molar refractivity (Wildman–Crippen MR) is 83.2 cm³/mol. The fourth-order valence-electron chi connectivity index (χ4n) is 2.43. The molecule has 0 saturated heterocycles. The van der Waals surface area contributed by atoms with E-state index in [0.717, 1.165) is 23.2 Å². The Labute approximate surface area is 123 Å². The zero-order chi connectivity index (χ0) is 14.8. The summed E-state index contributed by atoms with van der Waals surface area (Å²) in [5.74, 6) is 0. The van der Waals surface area contributed by atoms with Crippen LogP contribution in [0.15, 0.2) is 60.0 Å². The van der Waals surface area contributed by atoms with Crippen LogP contribution in [0.25, 0.3) is 11.1 Å². The van der Waals surface area contributed by atoms with Crippen LogP contribution in [0.3, 0.4) is 0 Å². The summed E-state index contributed by atoms with van der Waals surface area (Å²) in [6.45, 7) is 2.66. The molecule has 0 radical (unpaired) electrons. The molecule has 3 aromatic rings. The quantitative estimate of drug-likeness (QED) is 0.739. The number of hydrogen-bond donors (Lipinski definition) is 0. The molecule has 4 nitrogen and oxygen atoms in total. The van der Waals surface area contributed by atoms with Crippen molar-refractivity contribution in [1.82, 2.24) is 14.1 Å². The van der Waals surface area contributed by atoms with E-state index in [9.17, 15) is 4.79 Å². The molecule has 0 spiro atoms. The van der Waals surface area contributed by atoms with Crippen molar-refractivity contribution in [3.8, 4) is 11.1 Å². The Hall–Kier alpha value is -2.62. The van der Waals surface area contributed by atoms with Gasteiger partial charge in [0.15, 0.2) is 0 Å². The molecule has 0 saturated carbocycles. The number of pyridine rings is 1. The van der Waals surface area contributed by atoms with Crippen LogP contribution < -0.4 is 5.56 Å². The summed E-state index contributed by atoms with van der Waals surface area (Å²) in [6.07, 6.45) is 7.41. The van der Waals surface area contributed by atoms with Gasteiger partial charge in [0.1, 0.15) is 0 Å². The summed E-state index contributed by atoms with van der Waals surface area (Å²) in [4.78, 5) is 15.8. The number of hydrogen-bond acceptors (Lipinski definition) is 2. The van der Waals surface area contributed by atoms with E-state index in [1.165, 1.54) is 5.56 Å².